The Kier molecular flexibility index (Phi) is 2.31. The molecule has 0 aliphatic carbocycles. The van der Waals surface area contributed by atoms with Gasteiger partial charge < -0.3 is 9.72 Å². The van der Waals surface area contributed by atoms with E-state index in [0.717, 1.165) is 12.1 Å². The molecule has 1 N–H and O–H groups in total. The van der Waals surface area contributed by atoms with Gasteiger partial charge in [-0.1, -0.05) is 6.92 Å². The first kappa shape index (κ1) is 7.85. The fraction of sp³-hybridized carbons (Fsp3) is 0.375. The van der Waals surface area contributed by atoms with E-state index in [1.807, 2.05) is 6.92 Å². The average molecular weight is 153 g/mol. The summed E-state index contributed by atoms with van der Waals surface area (Å²) in [4.78, 5) is 14.0. The maximum Gasteiger partial charge on any atom is 0.223 e. The van der Waals surface area contributed by atoms with Gasteiger partial charge in [0, 0.05) is 18.0 Å². The van der Waals surface area contributed by atoms with Crippen LogP contribution in [-0.2, 0) is 6.42 Å². The number of ether oxygens (including phenoxy) is 1. The van der Waals surface area contributed by atoms with E-state index < -0.39 is 0 Å². The molecule has 1 heterocycles. The van der Waals surface area contributed by atoms with E-state index in [1.54, 1.807) is 12.3 Å². The number of hydrogen-bond acceptors (Lipinski definition) is 2. The van der Waals surface area contributed by atoms with Gasteiger partial charge in [0.25, 0.3) is 0 Å². The molecule has 60 valence electrons. The van der Waals surface area contributed by atoms with Crippen molar-refractivity contribution in [1.29, 1.82) is 0 Å². The number of pyridine rings is 1. The van der Waals surface area contributed by atoms with Crippen LogP contribution >= 0.6 is 0 Å². The summed E-state index contributed by atoms with van der Waals surface area (Å²) < 4.78 is 4.80. The molecular formula is C8H11NO2. The first-order chi connectivity index (χ1) is 5.27. The van der Waals surface area contributed by atoms with Gasteiger partial charge in [-0.3, -0.25) is 4.79 Å². The summed E-state index contributed by atoms with van der Waals surface area (Å²) in [7, 11) is 1.48. The Balaban J connectivity index is 3.10. The molecule has 0 aliphatic heterocycles. The van der Waals surface area contributed by atoms with E-state index in [9.17, 15) is 4.79 Å². The van der Waals surface area contributed by atoms with Crippen LogP contribution < -0.4 is 10.2 Å². The third-order valence-electron chi connectivity index (χ3n) is 1.54. The molecule has 1 aromatic rings. The lowest BCUT2D eigenvalue weighted by molar-refractivity contribution is 0.408. The first-order valence-corrected chi connectivity index (χ1v) is 3.53. The van der Waals surface area contributed by atoms with E-state index in [0.29, 0.717) is 5.75 Å². The van der Waals surface area contributed by atoms with Gasteiger partial charge >= 0.3 is 0 Å². The highest BCUT2D eigenvalue weighted by Crippen LogP contribution is 2.00. The molecule has 0 fully saturated rings. The van der Waals surface area contributed by atoms with Crippen LogP contribution in [0.2, 0.25) is 0 Å². The highest BCUT2D eigenvalue weighted by Gasteiger charge is 1.97. The zero-order valence-electron chi connectivity index (χ0n) is 6.68. The third kappa shape index (κ3) is 1.61. The SMILES string of the molecule is CCc1cc(=O)c(OC)c[nH]1. The summed E-state index contributed by atoms with van der Waals surface area (Å²) in [6.07, 6.45) is 2.42. The second kappa shape index (κ2) is 3.23. The number of aromatic amines is 1. The Morgan fingerprint density at radius 2 is 2.36 bits per heavy atom. The molecule has 0 atom stereocenters. The fourth-order valence-corrected chi connectivity index (χ4v) is 0.864. The molecule has 0 saturated heterocycles. The number of aromatic nitrogens is 1. The average Bonchev–Trinajstić information content (AvgIpc) is 2.04. The number of rotatable bonds is 2. The van der Waals surface area contributed by atoms with Crippen LogP contribution in [-0.4, -0.2) is 12.1 Å². The van der Waals surface area contributed by atoms with E-state index in [-0.39, 0.29) is 5.43 Å². The minimum Gasteiger partial charge on any atom is -0.491 e. The van der Waals surface area contributed by atoms with E-state index in [2.05, 4.69) is 4.98 Å². The molecule has 0 bridgehead atoms. The van der Waals surface area contributed by atoms with E-state index in [1.165, 1.54) is 7.11 Å². The van der Waals surface area contributed by atoms with Gasteiger partial charge in [-0.15, -0.1) is 0 Å². The van der Waals surface area contributed by atoms with Crippen molar-refractivity contribution in [1.82, 2.24) is 4.98 Å². The van der Waals surface area contributed by atoms with Gasteiger partial charge in [0.2, 0.25) is 5.43 Å². The molecule has 0 saturated carbocycles. The molecule has 0 radical (unpaired) electrons. The molecule has 0 amide bonds. The van der Waals surface area contributed by atoms with Gasteiger partial charge in [0.15, 0.2) is 5.75 Å². The summed E-state index contributed by atoms with van der Waals surface area (Å²) in [6, 6.07) is 1.55. The first-order valence-electron chi connectivity index (χ1n) is 3.53. The Hall–Kier alpha value is -1.25. The summed E-state index contributed by atoms with van der Waals surface area (Å²) in [5.41, 5.74) is 0.860. The predicted octanol–water partition coefficient (Wildman–Crippen LogP) is 0.946. The van der Waals surface area contributed by atoms with Crippen molar-refractivity contribution in [2.75, 3.05) is 7.11 Å². The van der Waals surface area contributed by atoms with Crippen molar-refractivity contribution in [3.63, 3.8) is 0 Å². The molecule has 3 heteroatoms. The Morgan fingerprint density at radius 3 is 2.82 bits per heavy atom. The molecule has 0 unspecified atom stereocenters. The van der Waals surface area contributed by atoms with E-state index >= 15 is 0 Å². The smallest absolute Gasteiger partial charge is 0.223 e. The van der Waals surface area contributed by atoms with Gasteiger partial charge in [0.1, 0.15) is 0 Å². The van der Waals surface area contributed by atoms with Crippen LogP contribution in [0.3, 0.4) is 0 Å². The molecule has 0 aliphatic rings. The standard InChI is InChI=1S/C8H11NO2/c1-3-6-4-7(10)8(11-2)5-9-6/h4-5H,3H2,1-2H3,(H,9,10). The Bertz CT molecular complexity index is 290. The molecule has 1 rings (SSSR count). The van der Waals surface area contributed by atoms with Gasteiger partial charge in [-0.2, -0.15) is 0 Å². The van der Waals surface area contributed by atoms with Crippen LogP contribution in [0.25, 0.3) is 0 Å². The third-order valence-corrected chi connectivity index (χ3v) is 1.54. The zero-order valence-corrected chi connectivity index (χ0v) is 6.68. The normalized spacial score (nSPS) is 9.64. The quantitative estimate of drug-likeness (QED) is 0.687. The second-order valence-electron chi connectivity index (χ2n) is 2.24. The molecular weight excluding hydrogens is 142 g/mol. The second-order valence-corrected chi connectivity index (χ2v) is 2.24. The number of methoxy groups -OCH3 is 1. The summed E-state index contributed by atoms with van der Waals surface area (Å²) in [5, 5.41) is 0. The van der Waals surface area contributed by atoms with Gasteiger partial charge in [-0.05, 0) is 6.42 Å². The predicted molar refractivity (Wildman–Crippen MR) is 43.0 cm³/mol. The van der Waals surface area contributed by atoms with Crippen molar-refractivity contribution in [2.24, 2.45) is 0 Å². The van der Waals surface area contributed by atoms with Crippen molar-refractivity contribution in [2.45, 2.75) is 13.3 Å². The lowest BCUT2D eigenvalue weighted by atomic mass is 10.3. The minimum atomic E-state index is -0.0666. The summed E-state index contributed by atoms with van der Waals surface area (Å²) in [6.45, 7) is 1.98. The van der Waals surface area contributed by atoms with Gasteiger partial charge in [-0.25, -0.2) is 0 Å². The molecule has 0 aromatic carbocycles. The lowest BCUT2D eigenvalue weighted by Crippen LogP contribution is -2.06. The number of H-pyrrole nitrogens is 1. The summed E-state index contributed by atoms with van der Waals surface area (Å²) >= 11 is 0. The molecule has 11 heavy (non-hydrogen) atoms. The largest absolute Gasteiger partial charge is 0.491 e. The number of nitrogens with one attached hydrogen (secondary N) is 1. The maximum absolute atomic E-state index is 11.1. The molecule has 1 aromatic heterocycles. The Labute approximate surface area is 65.0 Å². The topological polar surface area (TPSA) is 42.1 Å². The van der Waals surface area contributed by atoms with Crippen LogP contribution in [0, 0.1) is 0 Å². The van der Waals surface area contributed by atoms with Crippen LogP contribution in [0.4, 0.5) is 0 Å². The minimum absolute atomic E-state index is 0.0666. The molecule has 0 spiro atoms. The summed E-state index contributed by atoms with van der Waals surface area (Å²) in [5.74, 6) is 0.363. The molecule has 3 nitrogen and oxygen atoms in total. The Morgan fingerprint density at radius 1 is 1.64 bits per heavy atom. The van der Waals surface area contributed by atoms with Crippen molar-refractivity contribution >= 4 is 0 Å². The van der Waals surface area contributed by atoms with Crippen LogP contribution in [0.1, 0.15) is 12.6 Å². The van der Waals surface area contributed by atoms with Gasteiger partial charge in [0.05, 0.1) is 7.11 Å². The number of aryl methyl sites for hydroxylation is 1. The van der Waals surface area contributed by atoms with Crippen molar-refractivity contribution < 1.29 is 4.74 Å². The highest BCUT2D eigenvalue weighted by molar-refractivity contribution is 5.19. The van der Waals surface area contributed by atoms with Crippen molar-refractivity contribution in [3.8, 4) is 5.75 Å². The highest BCUT2D eigenvalue weighted by atomic mass is 16.5. The van der Waals surface area contributed by atoms with Crippen molar-refractivity contribution in [3.05, 3.63) is 28.2 Å². The lowest BCUT2D eigenvalue weighted by Gasteiger charge is -1.99. The van der Waals surface area contributed by atoms with Crippen LogP contribution in [0.5, 0.6) is 5.75 Å². The fourth-order valence-electron chi connectivity index (χ4n) is 0.864. The maximum atomic E-state index is 11.1. The van der Waals surface area contributed by atoms with Crippen LogP contribution in [0.15, 0.2) is 17.1 Å². The zero-order chi connectivity index (χ0) is 8.27. The monoisotopic (exact) mass is 153 g/mol. The number of hydrogen-bond donors (Lipinski definition) is 1. The van der Waals surface area contributed by atoms with E-state index in [4.69, 9.17) is 4.74 Å².